The molecule has 0 radical (unpaired) electrons. The van der Waals surface area contributed by atoms with Crippen molar-refractivity contribution in [2.75, 3.05) is 0 Å². The van der Waals surface area contributed by atoms with Crippen LogP contribution in [0.25, 0.3) is 0 Å². The second-order valence-corrected chi connectivity index (χ2v) is 4.95. The van der Waals surface area contributed by atoms with Gasteiger partial charge in [-0.25, -0.2) is 4.39 Å². The van der Waals surface area contributed by atoms with Crippen LogP contribution < -0.4 is 5.73 Å². The van der Waals surface area contributed by atoms with E-state index in [1.807, 2.05) is 19.2 Å². The standard InChI is InChI=1S/C12H13BrFN3/c1-8(15)10-5-16-17(7-10)6-9-2-11(13)4-12(14)3-9/h2-5,7-8H,6,15H2,1H3. The maximum absolute atomic E-state index is 13.2. The van der Waals surface area contributed by atoms with Gasteiger partial charge in [-0.3, -0.25) is 4.68 Å². The Morgan fingerprint density at radius 3 is 2.82 bits per heavy atom. The fourth-order valence-corrected chi connectivity index (χ4v) is 2.10. The lowest BCUT2D eigenvalue weighted by Gasteiger charge is -2.03. The zero-order valence-corrected chi connectivity index (χ0v) is 11.0. The average molecular weight is 298 g/mol. The molecule has 0 saturated carbocycles. The number of rotatable bonds is 3. The van der Waals surface area contributed by atoms with Gasteiger partial charge in [-0.1, -0.05) is 15.9 Å². The number of hydrogen-bond acceptors (Lipinski definition) is 2. The lowest BCUT2D eigenvalue weighted by Crippen LogP contribution is -2.04. The van der Waals surface area contributed by atoms with E-state index in [-0.39, 0.29) is 11.9 Å². The monoisotopic (exact) mass is 297 g/mol. The van der Waals surface area contributed by atoms with Crippen molar-refractivity contribution in [1.82, 2.24) is 9.78 Å². The highest BCUT2D eigenvalue weighted by Gasteiger charge is 2.05. The van der Waals surface area contributed by atoms with Gasteiger partial charge in [-0.15, -0.1) is 0 Å². The van der Waals surface area contributed by atoms with Gasteiger partial charge < -0.3 is 5.73 Å². The number of nitrogens with two attached hydrogens (primary N) is 1. The molecular weight excluding hydrogens is 285 g/mol. The molecule has 2 N–H and O–H groups in total. The maximum atomic E-state index is 13.2. The number of aromatic nitrogens is 2. The fraction of sp³-hybridized carbons (Fsp3) is 0.250. The molecule has 0 aliphatic heterocycles. The first-order valence-electron chi connectivity index (χ1n) is 5.27. The molecule has 0 saturated heterocycles. The molecule has 17 heavy (non-hydrogen) atoms. The molecule has 1 atom stereocenters. The molecule has 1 unspecified atom stereocenters. The Morgan fingerprint density at radius 1 is 1.47 bits per heavy atom. The van der Waals surface area contributed by atoms with Crippen molar-refractivity contribution in [2.45, 2.75) is 19.5 Å². The van der Waals surface area contributed by atoms with Gasteiger partial charge in [-0.05, 0) is 30.7 Å². The van der Waals surface area contributed by atoms with Crippen LogP contribution in [0.15, 0.2) is 35.1 Å². The molecule has 3 nitrogen and oxygen atoms in total. The summed E-state index contributed by atoms with van der Waals surface area (Å²) in [6, 6.07) is 4.76. The average Bonchev–Trinajstić information content (AvgIpc) is 2.64. The zero-order valence-electron chi connectivity index (χ0n) is 9.40. The van der Waals surface area contributed by atoms with Gasteiger partial charge >= 0.3 is 0 Å². The molecule has 0 aliphatic rings. The van der Waals surface area contributed by atoms with Crippen molar-refractivity contribution in [1.29, 1.82) is 0 Å². The summed E-state index contributed by atoms with van der Waals surface area (Å²) in [7, 11) is 0. The summed E-state index contributed by atoms with van der Waals surface area (Å²) in [5, 5.41) is 4.19. The second-order valence-electron chi connectivity index (χ2n) is 4.04. The molecule has 90 valence electrons. The largest absolute Gasteiger partial charge is 0.324 e. The Hall–Kier alpha value is -1.20. The molecule has 1 aromatic carbocycles. The van der Waals surface area contributed by atoms with E-state index in [1.54, 1.807) is 10.9 Å². The van der Waals surface area contributed by atoms with Crippen molar-refractivity contribution < 1.29 is 4.39 Å². The molecule has 1 aromatic heterocycles. The summed E-state index contributed by atoms with van der Waals surface area (Å²) < 4.78 is 15.7. The lowest BCUT2D eigenvalue weighted by atomic mass is 10.2. The van der Waals surface area contributed by atoms with Crippen molar-refractivity contribution in [3.05, 3.63) is 52.0 Å². The Morgan fingerprint density at radius 2 is 2.24 bits per heavy atom. The van der Waals surface area contributed by atoms with Crippen LogP contribution in [-0.4, -0.2) is 9.78 Å². The summed E-state index contributed by atoms with van der Waals surface area (Å²) in [4.78, 5) is 0. The van der Waals surface area contributed by atoms with E-state index in [2.05, 4.69) is 21.0 Å². The highest BCUT2D eigenvalue weighted by atomic mass is 79.9. The second kappa shape index (κ2) is 4.98. The van der Waals surface area contributed by atoms with Crippen LogP contribution >= 0.6 is 15.9 Å². The van der Waals surface area contributed by atoms with Gasteiger partial charge in [0.15, 0.2) is 0 Å². The normalized spacial score (nSPS) is 12.7. The van der Waals surface area contributed by atoms with Gasteiger partial charge in [0, 0.05) is 22.3 Å². The van der Waals surface area contributed by atoms with E-state index in [1.165, 1.54) is 12.1 Å². The molecule has 1 heterocycles. The number of nitrogens with zero attached hydrogens (tertiary/aromatic N) is 2. The van der Waals surface area contributed by atoms with Crippen molar-refractivity contribution in [2.24, 2.45) is 5.73 Å². The van der Waals surface area contributed by atoms with E-state index >= 15 is 0 Å². The topological polar surface area (TPSA) is 43.8 Å². The predicted octanol–water partition coefficient (Wildman–Crippen LogP) is 2.85. The minimum Gasteiger partial charge on any atom is -0.324 e. The summed E-state index contributed by atoms with van der Waals surface area (Å²) >= 11 is 3.27. The van der Waals surface area contributed by atoms with Crippen LogP contribution in [0.4, 0.5) is 4.39 Å². The predicted molar refractivity (Wildman–Crippen MR) is 68.0 cm³/mol. The third-order valence-corrected chi connectivity index (χ3v) is 2.90. The number of hydrogen-bond donors (Lipinski definition) is 1. The van der Waals surface area contributed by atoms with Crippen molar-refractivity contribution in [3.63, 3.8) is 0 Å². The molecule has 0 amide bonds. The third kappa shape index (κ3) is 3.14. The highest BCUT2D eigenvalue weighted by molar-refractivity contribution is 9.10. The molecular formula is C12H13BrFN3. The summed E-state index contributed by atoms with van der Waals surface area (Å²) in [6.07, 6.45) is 3.61. The van der Waals surface area contributed by atoms with Gasteiger partial charge in [0.25, 0.3) is 0 Å². The van der Waals surface area contributed by atoms with Crippen LogP contribution in [-0.2, 0) is 6.54 Å². The van der Waals surface area contributed by atoms with E-state index in [0.717, 1.165) is 15.6 Å². The maximum Gasteiger partial charge on any atom is 0.124 e. The first kappa shape index (κ1) is 12.3. The van der Waals surface area contributed by atoms with E-state index in [9.17, 15) is 4.39 Å². The van der Waals surface area contributed by atoms with Crippen molar-refractivity contribution >= 4 is 15.9 Å². The van der Waals surface area contributed by atoms with E-state index < -0.39 is 0 Å². The molecule has 0 fully saturated rings. The molecule has 0 spiro atoms. The van der Waals surface area contributed by atoms with Crippen LogP contribution in [0.1, 0.15) is 24.1 Å². The smallest absolute Gasteiger partial charge is 0.124 e. The molecule has 0 bridgehead atoms. The Balaban J connectivity index is 2.19. The third-order valence-electron chi connectivity index (χ3n) is 2.45. The molecule has 5 heteroatoms. The summed E-state index contributed by atoms with van der Waals surface area (Å²) in [5.41, 5.74) is 7.58. The van der Waals surface area contributed by atoms with Crippen LogP contribution in [0.3, 0.4) is 0 Å². The highest BCUT2D eigenvalue weighted by Crippen LogP contribution is 2.16. The summed E-state index contributed by atoms with van der Waals surface area (Å²) in [5.74, 6) is -0.256. The number of benzene rings is 1. The van der Waals surface area contributed by atoms with Crippen LogP contribution in [0.5, 0.6) is 0 Å². The van der Waals surface area contributed by atoms with Crippen LogP contribution in [0.2, 0.25) is 0 Å². The van der Waals surface area contributed by atoms with Gasteiger partial charge in [0.1, 0.15) is 5.82 Å². The fourth-order valence-electron chi connectivity index (χ4n) is 1.59. The molecule has 2 aromatic rings. The van der Waals surface area contributed by atoms with Crippen molar-refractivity contribution in [3.8, 4) is 0 Å². The zero-order chi connectivity index (χ0) is 12.4. The summed E-state index contributed by atoms with van der Waals surface area (Å²) in [6.45, 7) is 2.43. The Kier molecular flexibility index (Phi) is 3.59. The molecule has 0 aliphatic carbocycles. The Bertz CT molecular complexity index is 502. The van der Waals surface area contributed by atoms with Crippen LogP contribution in [0, 0.1) is 5.82 Å². The first-order chi connectivity index (χ1) is 8.04. The Labute approximate surface area is 108 Å². The molecule has 2 rings (SSSR count). The minimum atomic E-state index is -0.256. The minimum absolute atomic E-state index is 0.0389. The van der Waals surface area contributed by atoms with E-state index in [0.29, 0.717) is 6.54 Å². The van der Waals surface area contributed by atoms with Gasteiger partial charge in [0.2, 0.25) is 0 Å². The van der Waals surface area contributed by atoms with Gasteiger partial charge in [-0.2, -0.15) is 5.10 Å². The lowest BCUT2D eigenvalue weighted by molar-refractivity contribution is 0.618. The van der Waals surface area contributed by atoms with Gasteiger partial charge in [0.05, 0.1) is 12.7 Å². The quantitative estimate of drug-likeness (QED) is 0.947. The number of halogens is 2. The SMILES string of the molecule is CC(N)c1cnn(Cc2cc(F)cc(Br)c2)c1. The van der Waals surface area contributed by atoms with E-state index in [4.69, 9.17) is 5.73 Å². The first-order valence-corrected chi connectivity index (χ1v) is 6.07.